The summed E-state index contributed by atoms with van der Waals surface area (Å²) in [5, 5.41) is 10.9. The van der Waals surface area contributed by atoms with Gasteiger partial charge in [0.2, 0.25) is 5.82 Å². The number of ether oxygens (including phenoxy) is 2. The van der Waals surface area contributed by atoms with Gasteiger partial charge in [0.15, 0.2) is 0 Å². The number of benzene rings is 2. The van der Waals surface area contributed by atoms with Crippen molar-refractivity contribution in [1.29, 1.82) is 0 Å². The molecule has 0 saturated carbocycles. The van der Waals surface area contributed by atoms with Gasteiger partial charge in [0.05, 0.1) is 6.61 Å². The van der Waals surface area contributed by atoms with E-state index in [2.05, 4.69) is 25.5 Å². The van der Waals surface area contributed by atoms with E-state index in [1.165, 1.54) is 0 Å². The third kappa shape index (κ3) is 6.05. The van der Waals surface area contributed by atoms with Gasteiger partial charge in [0.1, 0.15) is 17.4 Å². The van der Waals surface area contributed by atoms with Crippen molar-refractivity contribution in [1.82, 2.24) is 20.2 Å². The molecule has 0 bridgehead atoms. The Balaban J connectivity index is 1.44. The van der Waals surface area contributed by atoms with Crippen LogP contribution in [0.2, 0.25) is 0 Å². The van der Waals surface area contributed by atoms with Gasteiger partial charge in [-0.2, -0.15) is 0 Å². The number of hydrogen-bond acceptors (Lipinski definition) is 6. The van der Waals surface area contributed by atoms with Crippen LogP contribution >= 0.6 is 0 Å². The predicted octanol–water partition coefficient (Wildman–Crippen LogP) is 4.43. The number of aromatic nitrogens is 4. The Morgan fingerprint density at radius 1 is 1.03 bits per heavy atom. The number of carbonyl (C=O) groups is 1. The van der Waals surface area contributed by atoms with Crippen molar-refractivity contribution in [2.75, 3.05) is 25.6 Å². The maximum Gasteiger partial charge on any atom is 0.294 e. The number of nitrogens with one attached hydrogen (secondary N) is 2. The summed E-state index contributed by atoms with van der Waals surface area (Å²) in [6, 6.07) is 19.6. The molecule has 0 unspecified atom stereocenters. The monoisotopic (exact) mass is 457 g/mol. The average Bonchev–Trinajstić information content (AvgIpc) is 3.32. The second kappa shape index (κ2) is 11.2. The number of rotatable bonds is 10. The zero-order chi connectivity index (χ0) is 23.8. The molecular weight excluding hydrogens is 430 g/mol. The van der Waals surface area contributed by atoms with Crippen LogP contribution in [-0.2, 0) is 11.2 Å². The van der Waals surface area contributed by atoms with Crippen LogP contribution in [0, 0.1) is 6.92 Å². The summed E-state index contributed by atoms with van der Waals surface area (Å²) in [5.74, 6) is 1.57. The van der Waals surface area contributed by atoms with Crippen LogP contribution in [-0.4, -0.2) is 46.4 Å². The molecular formula is C26H27N5O3. The number of carbonyl (C=O) groups excluding carboxylic acids is 1. The van der Waals surface area contributed by atoms with Crippen molar-refractivity contribution >= 4 is 11.7 Å². The zero-order valence-electron chi connectivity index (χ0n) is 19.2. The Labute approximate surface area is 198 Å². The van der Waals surface area contributed by atoms with E-state index in [-0.39, 0.29) is 5.82 Å². The number of aryl methyl sites for hydroxylation is 1. The standard InChI is InChI=1S/C26H27N5O3/c1-18-9-10-21(34-14-6-13-33-2)17-22(18)20-11-12-27-23(16-20)29-26(32)25-28-24(30-31-25)15-19-7-4-3-5-8-19/h3-5,7-12,16-17H,6,13-15H2,1-2H3,(H,27,29,32)(H,28,30,31). The van der Waals surface area contributed by atoms with E-state index < -0.39 is 5.91 Å². The highest BCUT2D eigenvalue weighted by Gasteiger charge is 2.14. The Morgan fingerprint density at radius 3 is 2.71 bits per heavy atom. The molecule has 8 heteroatoms. The molecule has 0 spiro atoms. The van der Waals surface area contributed by atoms with E-state index in [9.17, 15) is 4.79 Å². The third-order valence-electron chi connectivity index (χ3n) is 5.25. The first kappa shape index (κ1) is 23.1. The van der Waals surface area contributed by atoms with Crippen LogP contribution in [0.3, 0.4) is 0 Å². The molecule has 4 aromatic rings. The Hall–Kier alpha value is -4.04. The zero-order valence-corrected chi connectivity index (χ0v) is 19.2. The van der Waals surface area contributed by atoms with Gasteiger partial charge in [0.25, 0.3) is 5.91 Å². The van der Waals surface area contributed by atoms with Gasteiger partial charge in [-0.3, -0.25) is 4.79 Å². The topological polar surface area (TPSA) is 102 Å². The second-order valence-corrected chi connectivity index (χ2v) is 7.84. The van der Waals surface area contributed by atoms with Crippen LogP contribution < -0.4 is 10.1 Å². The van der Waals surface area contributed by atoms with Crippen LogP contribution in [0.1, 0.15) is 34.0 Å². The second-order valence-electron chi connectivity index (χ2n) is 7.84. The number of methoxy groups -OCH3 is 1. The fourth-order valence-electron chi connectivity index (χ4n) is 3.51. The van der Waals surface area contributed by atoms with E-state index in [0.717, 1.165) is 34.4 Å². The number of amides is 1. The minimum absolute atomic E-state index is 0.140. The van der Waals surface area contributed by atoms with Gasteiger partial charge in [-0.25, -0.2) is 4.98 Å². The molecule has 2 heterocycles. The largest absolute Gasteiger partial charge is 0.493 e. The highest BCUT2D eigenvalue weighted by molar-refractivity contribution is 6.01. The summed E-state index contributed by atoms with van der Waals surface area (Å²) in [6.07, 6.45) is 3.05. The van der Waals surface area contributed by atoms with Gasteiger partial charge >= 0.3 is 0 Å². The number of H-pyrrole nitrogens is 1. The minimum Gasteiger partial charge on any atom is -0.493 e. The molecule has 0 atom stereocenters. The molecule has 0 fully saturated rings. The molecule has 8 nitrogen and oxygen atoms in total. The first-order valence-electron chi connectivity index (χ1n) is 11.1. The first-order valence-corrected chi connectivity index (χ1v) is 11.1. The number of pyridine rings is 1. The summed E-state index contributed by atoms with van der Waals surface area (Å²) in [6.45, 7) is 3.27. The quantitative estimate of drug-likeness (QED) is 0.342. The fraction of sp³-hybridized carbons (Fsp3) is 0.231. The maximum atomic E-state index is 12.7. The molecule has 2 N–H and O–H groups in total. The van der Waals surface area contributed by atoms with Crippen LogP contribution in [0.4, 0.5) is 5.82 Å². The summed E-state index contributed by atoms with van der Waals surface area (Å²) in [5.41, 5.74) is 4.10. The van der Waals surface area contributed by atoms with Crippen LogP contribution in [0.5, 0.6) is 5.75 Å². The molecule has 4 rings (SSSR count). The SMILES string of the molecule is COCCCOc1ccc(C)c(-c2ccnc(NC(=O)c3nnc(Cc4ccccc4)[nH]3)c2)c1. The lowest BCUT2D eigenvalue weighted by Crippen LogP contribution is -2.14. The van der Waals surface area contributed by atoms with Crippen molar-refractivity contribution in [2.45, 2.75) is 19.8 Å². The number of anilines is 1. The molecule has 0 aliphatic carbocycles. The highest BCUT2D eigenvalue weighted by atomic mass is 16.5. The highest BCUT2D eigenvalue weighted by Crippen LogP contribution is 2.29. The number of hydrogen-bond donors (Lipinski definition) is 2. The van der Waals surface area contributed by atoms with Crippen molar-refractivity contribution in [3.05, 3.63) is 89.6 Å². The summed E-state index contributed by atoms with van der Waals surface area (Å²) >= 11 is 0. The minimum atomic E-state index is -0.400. The third-order valence-corrected chi connectivity index (χ3v) is 5.25. The molecule has 34 heavy (non-hydrogen) atoms. The Bertz CT molecular complexity index is 1240. The van der Waals surface area contributed by atoms with Gasteiger partial charge < -0.3 is 19.8 Å². The molecule has 174 valence electrons. The predicted molar refractivity (Wildman–Crippen MR) is 130 cm³/mol. The average molecular weight is 458 g/mol. The van der Waals surface area contributed by atoms with E-state index in [1.807, 2.05) is 67.6 Å². The number of nitrogens with zero attached hydrogens (tertiary/aromatic N) is 3. The normalized spacial score (nSPS) is 10.8. The number of aromatic amines is 1. The molecule has 0 radical (unpaired) electrons. The summed E-state index contributed by atoms with van der Waals surface area (Å²) in [7, 11) is 1.68. The fourth-order valence-corrected chi connectivity index (χ4v) is 3.51. The summed E-state index contributed by atoms with van der Waals surface area (Å²) in [4.78, 5) is 20.0. The first-order chi connectivity index (χ1) is 16.6. The maximum absolute atomic E-state index is 12.7. The summed E-state index contributed by atoms with van der Waals surface area (Å²) < 4.78 is 10.9. The van der Waals surface area contributed by atoms with Gasteiger partial charge in [0, 0.05) is 32.8 Å². The van der Waals surface area contributed by atoms with Gasteiger partial charge in [-0.15, -0.1) is 10.2 Å². The lowest BCUT2D eigenvalue weighted by atomic mass is 10.0. The van der Waals surface area contributed by atoms with Gasteiger partial charge in [-0.05, 0) is 53.4 Å². The van der Waals surface area contributed by atoms with E-state index in [1.54, 1.807) is 13.3 Å². The van der Waals surface area contributed by atoms with Crippen molar-refractivity contribution in [3.8, 4) is 16.9 Å². The molecule has 1 amide bonds. The van der Waals surface area contributed by atoms with E-state index in [0.29, 0.717) is 31.3 Å². The Morgan fingerprint density at radius 2 is 1.88 bits per heavy atom. The van der Waals surface area contributed by atoms with Crippen molar-refractivity contribution in [2.24, 2.45) is 0 Å². The van der Waals surface area contributed by atoms with Crippen LogP contribution in [0.25, 0.3) is 11.1 Å². The Kier molecular flexibility index (Phi) is 7.62. The smallest absolute Gasteiger partial charge is 0.294 e. The van der Waals surface area contributed by atoms with Crippen LogP contribution in [0.15, 0.2) is 66.9 Å². The van der Waals surface area contributed by atoms with E-state index in [4.69, 9.17) is 9.47 Å². The van der Waals surface area contributed by atoms with E-state index >= 15 is 0 Å². The lowest BCUT2D eigenvalue weighted by Gasteiger charge is -2.12. The molecule has 0 aliphatic rings. The molecule has 2 aromatic heterocycles. The molecule has 2 aromatic carbocycles. The van der Waals surface area contributed by atoms with Crippen molar-refractivity contribution < 1.29 is 14.3 Å². The molecule has 0 aliphatic heterocycles. The van der Waals surface area contributed by atoms with Gasteiger partial charge in [-0.1, -0.05) is 36.4 Å². The lowest BCUT2D eigenvalue weighted by molar-refractivity contribution is 0.101. The molecule has 0 saturated heterocycles. The van der Waals surface area contributed by atoms with Crippen molar-refractivity contribution in [3.63, 3.8) is 0 Å².